The van der Waals surface area contributed by atoms with Crippen molar-refractivity contribution in [2.75, 3.05) is 16.0 Å². The largest absolute Gasteiger partial charge is 0.339 e. The minimum absolute atomic E-state index is 0.217. The lowest BCUT2D eigenvalue weighted by molar-refractivity contribution is 0.102. The normalized spacial score (nSPS) is 16.8. The molecule has 3 N–H and O–H groups in total. The second-order valence-corrected chi connectivity index (χ2v) is 8.95. The highest BCUT2D eigenvalue weighted by Gasteiger charge is 2.17. The third-order valence-electron chi connectivity index (χ3n) is 5.58. The molecule has 2 aromatic carbocycles. The molecule has 0 saturated carbocycles. The first-order valence-corrected chi connectivity index (χ1v) is 11.4. The molecule has 33 heavy (non-hydrogen) atoms. The molecule has 0 fully saturated rings. The number of aryl methyl sites for hydroxylation is 1. The van der Waals surface area contributed by atoms with Crippen LogP contribution in [0.3, 0.4) is 0 Å². The van der Waals surface area contributed by atoms with Crippen LogP contribution >= 0.6 is 23.2 Å². The van der Waals surface area contributed by atoms with Gasteiger partial charge in [0, 0.05) is 27.7 Å². The van der Waals surface area contributed by atoms with Gasteiger partial charge < -0.3 is 16.0 Å². The van der Waals surface area contributed by atoms with E-state index in [1.54, 1.807) is 36.5 Å². The van der Waals surface area contributed by atoms with Crippen LogP contribution in [0.1, 0.15) is 28.8 Å². The van der Waals surface area contributed by atoms with Crippen molar-refractivity contribution < 1.29 is 4.79 Å². The quantitative estimate of drug-likeness (QED) is 0.387. The van der Waals surface area contributed by atoms with E-state index in [1.807, 2.05) is 18.2 Å². The molecule has 2 aliphatic rings. The molecule has 1 unspecified atom stereocenters. The molecule has 5 rings (SSSR count). The van der Waals surface area contributed by atoms with Crippen LogP contribution < -0.4 is 16.0 Å². The van der Waals surface area contributed by atoms with Gasteiger partial charge in [-0.3, -0.25) is 4.79 Å². The number of hydrogen-bond acceptors (Lipinski definition) is 5. The first-order chi connectivity index (χ1) is 16.0. The van der Waals surface area contributed by atoms with Crippen LogP contribution in [0.15, 0.2) is 72.6 Å². The lowest BCUT2D eigenvalue weighted by Gasteiger charge is -2.19. The lowest BCUT2D eigenvalue weighted by Crippen LogP contribution is -2.13. The first-order valence-electron chi connectivity index (χ1n) is 10.7. The van der Waals surface area contributed by atoms with Crippen molar-refractivity contribution in [3.63, 3.8) is 0 Å². The Morgan fingerprint density at radius 2 is 2.03 bits per heavy atom. The standard InChI is InChI=1S/C25H21Cl2N5O/c26-18-4-2-6-20(13-18)30-24(33)17-9-16-8-7-15-3-1-5-19(10-15)31-25-28-14-22(27)23(32-25)29-21(11-16)12-17/h1-6,9,11-15H,7-8,10H2,(H,30,33)(H2,28,29,31,32). The zero-order valence-corrected chi connectivity index (χ0v) is 19.1. The number of rotatable bonds is 2. The van der Waals surface area contributed by atoms with E-state index in [0.717, 1.165) is 36.2 Å². The molecule has 1 atom stereocenters. The number of hydrogen-bond donors (Lipinski definition) is 3. The molecule has 3 aromatic rings. The van der Waals surface area contributed by atoms with Crippen LogP contribution in [0, 0.1) is 5.92 Å². The van der Waals surface area contributed by atoms with Gasteiger partial charge in [0.1, 0.15) is 5.02 Å². The van der Waals surface area contributed by atoms with Crippen LogP contribution in [0.4, 0.5) is 23.1 Å². The summed E-state index contributed by atoms with van der Waals surface area (Å²) in [6.45, 7) is 0. The zero-order chi connectivity index (χ0) is 22.8. The third-order valence-corrected chi connectivity index (χ3v) is 6.09. The second-order valence-electron chi connectivity index (χ2n) is 8.10. The molecule has 1 amide bonds. The zero-order valence-electron chi connectivity index (χ0n) is 17.6. The number of allylic oxidation sites excluding steroid dienone is 4. The molecular weight excluding hydrogens is 457 g/mol. The van der Waals surface area contributed by atoms with Crippen LogP contribution in [-0.2, 0) is 6.42 Å². The highest BCUT2D eigenvalue weighted by molar-refractivity contribution is 6.33. The highest BCUT2D eigenvalue weighted by Crippen LogP contribution is 2.30. The molecule has 0 saturated heterocycles. The topological polar surface area (TPSA) is 78.9 Å². The molecule has 2 heterocycles. The Morgan fingerprint density at radius 3 is 2.91 bits per heavy atom. The number of anilines is 4. The molecule has 166 valence electrons. The van der Waals surface area contributed by atoms with Crippen molar-refractivity contribution in [1.29, 1.82) is 0 Å². The molecule has 1 aliphatic heterocycles. The van der Waals surface area contributed by atoms with Gasteiger partial charge in [-0.05, 0) is 73.2 Å². The van der Waals surface area contributed by atoms with E-state index < -0.39 is 0 Å². The number of benzene rings is 2. The van der Waals surface area contributed by atoms with Crippen LogP contribution in [0.2, 0.25) is 10.0 Å². The first kappa shape index (κ1) is 21.5. The van der Waals surface area contributed by atoms with Gasteiger partial charge in [0.25, 0.3) is 5.91 Å². The van der Waals surface area contributed by atoms with Crippen LogP contribution in [-0.4, -0.2) is 15.9 Å². The van der Waals surface area contributed by atoms with Crippen LogP contribution in [0.5, 0.6) is 0 Å². The predicted molar refractivity (Wildman–Crippen MR) is 133 cm³/mol. The van der Waals surface area contributed by atoms with Crippen LogP contribution in [0.25, 0.3) is 0 Å². The summed E-state index contributed by atoms with van der Waals surface area (Å²) in [6, 6.07) is 12.8. The van der Waals surface area contributed by atoms with E-state index in [9.17, 15) is 4.79 Å². The molecule has 1 aromatic heterocycles. The average Bonchev–Trinajstić information content (AvgIpc) is 2.80. The van der Waals surface area contributed by atoms with E-state index in [2.05, 4.69) is 38.1 Å². The average molecular weight is 478 g/mol. The molecule has 1 aliphatic carbocycles. The maximum atomic E-state index is 13.1. The number of nitrogens with zero attached hydrogens (tertiary/aromatic N) is 2. The number of carbonyl (C=O) groups is 1. The molecule has 0 spiro atoms. The number of nitrogens with one attached hydrogen (secondary N) is 3. The van der Waals surface area contributed by atoms with Crippen molar-refractivity contribution >= 4 is 52.3 Å². The molecule has 6 bridgehead atoms. The minimum Gasteiger partial charge on any atom is -0.339 e. The third kappa shape index (κ3) is 5.18. The smallest absolute Gasteiger partial charge is 0.255 e. The van der Waals surface area contributed by atoms with Crippen molar-refractivity contribution in [3.05, 3.63) is 93.8 Å². The molecule has 0 radical (unpaired) electrons. The number of aromatic nitrogens is 2. The van der Waals surface area contributed by atoms with E-state index in [0.29, 0.717) is 39.0 Å². The minimum atomic E-state index is -0.217. The Balaban J connectivity index is 1.51. The van der Waals surface area contributed by atoms with Gasteiger partial charge >= 0.3 is 0 Å². The number of fused-ring (bicyclic) bond motifs is 6. The molecule has 6 nitrogen and oxygen atoms in total. The number of carbonyl (C=O) groups excluding carboxylic acids is 1. The Hall–Kier alpha value is -3.35. The maximum Gasteiger partial charge on any atom is 0.255 e. The van der Waals surface area contributed by atoms with Crippen molar-refractivity contribution in [1.82, 2.24) is 9.97 Å². The van der Waals surface area contributed by atoms with Crippen molar-refractivity contribution in [2.45, 2.75) is 19.3 Å². The fourth-order valence-corrected chi connectivity index (χ4v) is 4.32. The monoisotopic (exact) mass is 477 g/mol. The summed E-state index contributed by atoms with van der Waals surface area (Å²) in [5.41, 5.74) is 4.02. The fraction of sp³-hybridized carbons (Fsp3) is 0.160. The summed E-state index contributed by atoms with van der Waals surface area (Å²) in [5.74, 6) is 1.10. The van der Waals surface area contributed by atoms with Crippen molar-refractivity contribution in [3.8, 4) is 0 Å². The summed E-state index contributed by atoms with van der Waals surface area (Å²) in [4.78, 5) is 21.9. The summed E-state index contributed by atoms with van der Waals surface area (Å²) < 4.78 is 0. The maximum absolute atomic E-state index is 13.1. The summed E-state index contributed by atoms with van der Waals surface area (Å²) in [5, 5.41) is 10.4. The van der Waals surface area contributed by atoms with Crippen molar-refractivity contribution in [2.24, 2.45) is 5.92 Å². The Labute approximate surface area is 201 Å². The van der Waals surface area contributed by atoms with E-state index in [-0.39, 0.29) is 5.91 Å². The summed E-state index contributed by atoms with van der Waals surface area (Å²) >= 11 is 12.4. The Bertz CT molecular complexity index is 1290. The second kappa shape index (κ2) is 9.25. The Morgan fingerprint density at radius 1 is 1.12 bits per heavy atom. The van der Waals surface area contributed by atoms with Gasteiger partial charge in [0.2, 0.25) is 5.95 Å². The Kier molecular flexibility index (Phi) is 6.03. The van der Waals surface area contributed by atoms with Gasteiger partial charge in [-0.25, -0.2) is 4.98 Å². The van der Waals surface area contributed by atoms with Gasteiger partial charge in [0.15, 0.2) is 5.82 Å². The summed E-state index contributed by atoms with van der Waals surface area (Å²) in [6.07, 6.45) is 10.5. The van der Waals surface area contributed by atoms with Gasteiger partial charge in [-0.1, -0.05) is 41.4 Å². The number of halogens is 2. The lowest BCUT2D eigenvalue weighted by atomic mass is 9.91. The van der Waals surface area contributed by atoms with E-state index in [1.165, 1.54) is 0 Å². The fourth-order valence-electron chi connectivity index (χ4n) is 3.99. The van der Waals surface area contributed by atoms with Gasteiger partial charge in [0.05, 0.1) is 6.20 Å². The number of amides is 1. The molecule has 8 heteroatoms. The highest BCUT2D eigenvalue weighted by atomic mass is 35.5. The van der Waals surface area contributed by atoms with E-state index in [4.69, 9.17) is 23.2 Å². The van der Waals surface area contributed by atoms with Gasteiger partial charge in [-0.2, -0.15) is 4.98 Å². The molecular formula is C25H21Cl2N5O. The van der Waals surface area contributed by atoms with Gasteiger partial charge in [-0.15, -0.1) is 0 Å². The van der Waals surface area contributed by atoms with E-state index >= 15 is 0 Å². The summed E-state index contributed by atoms with van der Waals surface area (Å²) in [7, 11) is 0. The predicted octanol–water partition coefficient (Wildman–Crippen LogP) is 6.60. The SMILES string of the molecule is O=C(Nc1cccc(Cl)c1)c1cc2cc(c1)Nc1nc(ncc1Cl)NC1=CC=CC(CC2)C1.